The van der Waals surface area contributed by atoms with Crippen molar-refractivity contribution in [3.05, 3.63) is 95.3 Å². The van der Waals surface area contributed by atoms with E-state index < -0.39 is 10.0 Å². The Kier molecular flexibility index (Phi) is 6.55. The molecule has 1 N–H and O–H groups in total. The van der Waals surface area contributed by atoms with Gasteiger partial charge in [-0.05, 0) is 54.1 Å². The van der Waals surface area contributed by atoms with Gasteiger partial charge < -0.3 is 0 Å². The lowest BCUT2D eigenvalue weighted by Gasteiger charge is -2.18. The van der Waals surface area contributed by atoms with Gasteiger partial charge in [0.25, 0.3) is 0 Å². The van der Waals surface area contributed by atoms with E-state index in [9.17, 15) is 12.8 Å². The van der Waals surface area contributed by atoms with Crippen molar-refractivity contribution >= 4 is 33.4 Å². The second kappa shape index (κ2) is 8.89. The van der Waals surface area contributed by atoms with E-state index in [1.807, 2.05) is 30.3 Å². The summed E-state index contributed by atoms with van der Waals surface area (Å²) < 4.78 is 40.9. The highest BCUT2D eigenvalue weighted by molar-refractivity contribution is 7.99. The molecule has 0 saturated heterocycles. The van der Waals surface area contributed by atoms with Crippen LogP contribution in [0.1, 0.15) is 10.8 Å². The molecule has 0 spiro atoms. The highest BCUT2D eigenvalue weighted by Gasteiger charge is 2.19. The fraction of sp³-hybridized carbons (Fsp3) is 0.100. The van der Waals surface area contributed by atoms with Crippen molar-refractivity contribution < 1.29 is 12.8 Å². The number of rotatable bonds is 7. The molecule has 0 aromatic heterocycles. The summed E-state index contributed by atoms with van der Waals surface area (Å²) in [5.41, 5.74) is 0.977. The van der Waals surface area contributed by atoms with Crippen LogP contribution < -0.4 is 4.72 Å². The van der Waals surface area contributed by atoms with Crippen molar-refractivity contribution in [1.29, 1.82) is 0 Å². The molecule has 1 unspecified atom stereocenters. The van der Waals surface area contributed by atoms with Gasteiger partial charge in [-0.25, -0.2) is 17.5 Å². The van der Waals surface area contributed by atoms with Crippen LogP contribution in [-0.2, 0) is 10.0 Å². The third-order valence-corrected chi connectivity index (χ3v) is 6.81. The minimum Gasteiger partial charge on any atom is -0.210 e. The lowest BCUT2D eigenvalue weighted by Crippen LogP contribution is -2.27. The zero-order valence-corrected chi connectivity index (χ0v) is 16.6. The number of hydrogen-bond donors (Lipinski definition) is 1. The predicted octanol–water partition coefficient (Wildman–Crippen LogP) is 5.29. The van der Waals surface area contributed by atoms with E-state index in [1.165, 1.54) is 48.2 Å². The van der Waals surface area contributed by atoms with Gasteiger partial charge in [-0.1, -0.05) is 41.9 Å². The first kappa shape index (κ1) is 19.9. The molecular weight excluding hydrogens is 405 g/mol. The Hall–Kier alpha value is -1.86. The summed E-state index contributed by atoms with van der Waals surface area (Å²) in [6.07, 6.45) is 0. The van der Waals surface area contributed by atoms with E-state index >= 15 is 0 Å². The van der Waals surface area contributed by atoms with E-state index in [4.69, 9.17) is 11.6 Å². The smallest absolute Gasteiger partial charge is 0.210 e. The van der Waals surface area contributed by atoms with Gasteiger partial charge in [0.1, 0.15) is 5.82 Å². The van der Waals surface area contributed by atoms with Crippen LogP contribution in [0.5, 0.6) is 0 Å². The molecule has 0 heterocycles. The standard InChI is InChI=1S/C20H17ClFNO2S2/c21-16-6-12-19(13-7-16)27(24,25)23-14-20(15-4-2-1-3-5-15)26-18-10-8-17(22)9-11-18/h1-13,20,23H,14H2. The second-order valence-electron chi connectivity index (χ2n) is 5.78. The molecule has 3 rings (SSSR count). The molecule has 0 bridgehead atoms. The molecule has 1 atom stereocenters. The topological polar surface area (TPSA) is 46.2 Å². The quantitative estimate of drug-likeness (QED) is 0.527. The predicted molar refractivity (Wildman–Crippen MR) is 108 cm³/mol. The number of nitrogens with one attached hydrogen (secondary N) is 1. The molecule has 0 aliphatic carbocycles. The third-order valence-electron chi connectivity index (χ3n) is 3.85. The summed E-state index contributed by atoms with van der Waals surface area (Å²) in [5.74, 6) is -0.306. The first-order chi connectivity index (χ1) is 12.9. The molecule has 27 heavy (non-hydrogen) atoms. The van der Waals surface area contributed by atoms with Crippen LogP contribution in [-0.4, -0.2) is 15.0 Å². The Morgan fingerprint density at radius 1 is 0.926 bits per heavy atom. The molecular formula is C20H17ClFNO2S2. The van der Waals surface area contributed by atoms with E-state index in [0.29, 0.717) is 5.02 Å². The van der Waals surface area contributed by atoms with Crippen molar-refractivity contribution in [1.82, 2.24) is 4.72 Å². The first-order valence-corrected chi connectivity index (χ1v) is 10.9. The maximum absolute atomic E-state index is 13.2. The average Bonchev–Trinajstić information content (AvgIpc) is 2.68. The number of thioether (sulfide) groups is 1. The zero-order valence-electron chi connectivity index (χ0n) is 14.2. The van der Waals surface area contributed by atoms with Crippen LogP contribution in [0.2, 0.25) is 5.02 Å². The lowest BCUT2D eigenvalue weighted by molar-refractivity contribution is 0.581. The van der Waals surface area contributed by atoms with E-state index in [0.717, 1.165) is 10.5 Å². The van der Waals surface area contributed by atoms with Gasteiger partial charge >= 0.3 is 0 Å². The Morgan fingerprint density at radius 2 is 1.56 bits per heavy atom. The van der Waals surface area contributed by atoms with E-state index in [2.05, 4.69) is 4.72 Å². The number of sulfonamides is 1. The third kappa shape index (κ3) is 5.56. The highest BCUT2D eigenvalue weighted by Crippen LogP contribution is 2.35. The van der Waals surface area contributed by atoms with Crippen LogP contribution in [0.3, 0.4) is 0 Å². The Labute approximate surface area is 167 Å². The molecule has 3 aromatic rings. The lowest BCUT2D eigenvalue weighted by atomic mass is 10.1. The SMILES string of the molecule is O=S(=O)(NCC(Sc1ccc(F)cc1)c1ccccc1)c1ccc(Cl)cc1. The minimum atomic E-state index is -3.66. The van der Waals surface area contributed by atoms with Crippen LogP contribution in [0.15, 0.2) is 88.7 Å². The van der Waals surface area contributed by atoms with Crippen molar-refractivity contribution in [3.8, 4) is 0 Å². The summed E-state index contributed by atoms with van der Waals surface area (Å²) in [5, 5.41) is 0.307. The molecule has 3 aromatic carbocycles. The van der Waals surface area contributed by atoms with Crippen LogP contribution in [0, 0.1) is 5.82 Å². The second-order valence-corrected chi connectivity index (χ2v) is 9.26. The van der Waals surface area contributed by atoms with Gasteiger partial charge in [-0.15, -0.1) is 11.8 Å². The molecule has 0 aliphatic rings. The number of benzene rings is 3. The summed E-state index contributed by atoms with van der Waals surface area (Å²) >= 11 is 7.30. The molecule has 3 nitrogen and oxygen atoms in total. The summed E-state index contributed by atoms with van der Waals surface area (Å²) in [6, 6.07) is 21.8. The monoisotopic (exact) mass is 421 g/mol. The summed E-state index contributed by atoms with van der Waals surface area (Å²) in [6.45, 7) is 0.191. The van der Waals surface area contributed by atoms with Crippen LogP contribution >= 0.6 is 23.4 Å². The van der Waals surface area contributed by atoms with E-state index in [-0.39, 0.29) is 22.5 Å². The Balaban J connectivity index is 1.79. The van der Waals surface area contributed by atoms with Crippen molar-refractivity contribution in [2.75, 3.05) is 6.54 Å². The van der Waals surface area contributed by atoms with Gasteiger partial charge in [0.15, 0.2) is 0 Å². The highest BCUT2D eigenvalue weighted by atomic mass is 35.5. The molecule has 0 saturated carbocycles. The van der Waals surface area contributed by atoms with Gasteiger partial charge in [-0.3, -0.25) is 0 Å². The van der Waals surface area contributed by atoms with Crippen molar-refractivity contribution in [2.24, 2.45) is 0 Å². The summed E-state index contributed by atoms with van der Waals surface area (Å²) in [7, 11) is -3.66. The average molecular weight is 422 g/mol. The molecule has 140 valence electrons. The van der Waals surface area contributed by atoms with Crippen LogP contribution in [0.4, 0.5) is 4.39 Å². The molecule has 0 radical (unpaired) electrons. The molecule has 0 aliphatic heterocycles. The summed E-state index contributed by atoms with van der Waals surface area (Å²) in [4.78, 5) is 1.02. The van der Waals surface area contributed by atoms with Gasteiger partial charge in [0.05, 0.1) is 4.90 Å². The fourth-order valence-corrected chi connectivity index (χ4v) is 4.82. The minimum absolute atomic E-state index is 0.158. The largest absolute Gasteiger partial charge is 0.240 e. The maximum atomic E-state index is 13.2. The van der Waals surface area contributed by atoms with E-state index in [1.54, 1.807) is 12.1 Å². The molecule has 7 heteroatoms. The van der Waals surface area contributed by atoms with Crippen LogP contribution in [0.25, 0.3) is 0 Å². The zero-order chi connectivity index (χ0) is 19.3. The normalized spacial score (nSPS) is 12.7. The van der Waals surface area contributed by atoms with Crippen molar-refractivity contribution in [3.63, 3.8) is 0 Å². The van der Waals surface area contributed by atoms with Gasteiger partial charge in [0, 0.05) is 21.7 Å². The fourth-order valence-electron chi connectivity index (χ4n) is 2.46. The maximum Gasteiger partial charge on any atom is 0.240 e. The Bertz CT molecular complexity index is 979. The number of halogens is 2. The van der Waals surface area contributed by atoms with Gasteiger partial charge in [-0.2, -0.15) is 0 Å². The molecule has 0 fully saturated rings. The Morgan fingerprint density at radius 3 is 2.19 bits per heavy atom. The first-order valence-electron chi connectivity index (χ1n) is 8.16. The number of hydrogen-bond acceptors (Lipinski definition) is 3. The van der Waals surface area contributed by atoms with Crippen molar-refractivity contribution in [2.45, 2.75) is 15.0 Å². The molecule has 0 amide bonds. The van der Waals surface area contributed by atoms with Gasteiger partial charge in [0.2, 0.25) is 10.0 Å².